The van der Waals surface area contributed by atoms with E-state index in [0.29, 0.717) is 5.69 Å². The molecule has 0 radical (unpaired) electrons. The first-order valence-corrected chi connectivity index (χ1v) is 6.65. The molecule has 4 nitrogen and oxygen atoms in total. The molecule has 0 unspecified atom stereocenters. The number of hydrogen-bond acceptors (Lipinski definition) is 4. The Morgan fingerprint density at radius 1 is 1.33 bits per heavy atom. The van der Waals surface area contributed by atoms with Crippen LogP contribution >= 0.6 is 11.3 Å². The number of carboxylic acids is 1. The molecule has 1 heterocycles. The van der Waals surface area contributed by atoms with Crippen molar-refractivity contribution in [3.8, 4) is 0 Å². The summed E-state index contributed by atoms with van der Waals surface area (Å²) in [5, 5.41) is 11.9. The van der Waals surface area contributed by atoms with Crippen LogP contribution in [0.2, 0.25) is 0 Å². The van der Waals surface area contributed by atoms with Crippen LogP contribution in [0.3, 0.4) is 0 Å². The van der Waals surface area contributed by atoms with Gasteiger partial charge < -0.3 is 10.4 Å². The van der Waals surface area contributed by atoms with E-state index in [1.165, 1.54) is 26.0 Å². The summed E-state index contributed by atoms with van der Waals surface area (Å²) < 4.78 is 38.5. The minimum absolute atomic E-state index is 0.0562. The third-order valence-corrected chi connectivity index (χ3v) is 3.85. The zero-order valence-corrected chi connectivity index (χ0v) is 11.9. The molecule has 2 aromatic rings. The molecule has 0 aliphatic heterocycles. The largest absolute Gasteiger partial charge is 0.477 e. The van der Waals surface area contributed by atoms with Gasteiger partial charge in [-0.05, 0) is 31.5 Å². The van der Waals surface area contributed by atoms with Crippen molar-refractivity contribution in [2.24, 2.45) is 0 Å². The molecule has 0 amide bonds. The molecule has 0 bridgehead atoms. The van der Waals surface area contributed by atoms with Crippen molar-refractivity contribution in [3.63, 3.8) is 0 Å². The van der Waals surface area contributed by atoms with Crippen molar-refractivity contribution in [1.29, 1.82) is 0 Å². The number of halogens is 3. The van der Waals surface area contributed by atoms with Crippen LogP contribution in [0.15, 0.2) is 18.2 Å². The molecule has 2 rings (SSSR count). The summed E-state index contributed by atoms with van der Waals surface area (Å²) in [4.78, 5) is 15.0. The summed E-state index contributed by atoms with van der Waals surface area (Å²) in [6.45, 7) is 2.91. The monoisotopic (exact) mass is 316 g/mol. The first kappa shape index (κ1) is 15.3. The highest BCUT2D eigenvalue weighted by molar-refractivity contribution is 7.17. The third-order valence-electron chi connectivity index (χ3n) is 2.79. The molecule has 0 aliphatic carbocycles. The lowest BCUT2D eigenvalue weighted by molar-refractivity contribution is -0.138. The molecule has 2 N–H and O–H groups in total. The smallest absolute Gasteiger partial charge is 0.416 e. The van der Waals surface area contributed by atoms with E-state index in [0.717, 1.165) is 17.4 Å². The molecule has 0 saturated carbocycles. The normalized spacial score (nSPS) is 11.5. The van der Waals surface area contributed by atoms with E-state index < -0.39 is 17.7 Å². The number of aromatic nitrogens is 1. The van der Waals surface area contributed by atoms with Gasteiger partial charge in [-0.15, -0.1) is 0 Å². The van der Waals surface area contributed by atoms with E-state index >= 15 is 0 Å². The number of nitrogens with zero attached hydrogens (tertiary/aromatic N) is 1. The highest BCUT2D eigenvalue weighted by atomic mass is 32.1. The van der Waals surface area contributed by atoms with E-state index in [1.807, 2.05) is 0 Å². The van der Waals surface area contributed by atoms with Gasteiger partial charge in [0.25, 0.3) is 0 Å². The van der Waals surface area contributed by atoms with Gasteiger partial charge in [-0.3, -0.25) is 0 Å². The number of anilines is 2. The highest BCUT2D eigenvalue weighted by Gasteiger charge is 2.32. The second kappa shape index (κ2) is 5.36. The number of carbonyl (C=O) groups is 1. The first-order valence-electron chi connectivity index (χ1n) is 5.84. The molecular weight excluding hydrogens is 305 g/mol. The van der Waals surface area contributed by atoms with Crippen LogP contribution in [0.25, 0.3) is 0 Å². The summed E-state index contributed by atoms with van der Waals surface area (Å²) in [6, 6.07) is 3.82. The fourth-order valence-corrected chi connectivity index (χ4v) is 2.60. The number of nitrogens with one attached hydrogen (secondary N) is 1. The van der Waals surface area contributed by atoms with Crippen molar-refractivity contribution in [2.75, 3.05) is 5.32 Å². The minimum Gasteiger partial charge on any atom is -0.477 e. The Labute approximate surface area is 122 Å². The van der Waals surface area contributed by atoms with Crippen LogP contribution in [0.4, 0.5) is 24.0 Å². The lowest BCUT2D eigenvalue weighted by Crippen LogP contribution is -2.08. The Kier molecular flexibility index (Phi) is 3.91. The molecule has 21 heavy (non-hydrogen) atoms. The van der Waals surface area contributed by atoms with Crippen molar-refractivity contribution in [1.82, 2.24) is 4.98 Å². The number of hydrogen-bond donors (Lipinski definition) is 2. The van der Waals surface area contributed by atoms with Gasteiger partial charge in [0.2, 0.25) is 0 Å². The SMILES string of the molecule is Cc1ccc(Nc2nc(C)c(C(=O)O)s2)cc1C(F)(F)F. The van der Waals surface area contributed by atoms with E-state index in [2.05, 4.69) is 10.3 Å². The predicted octanol–water partition coefficient (Wildman–Crippen LogP) is 4.22. The molecule has 0 spiro atoms. The summed E-state index contributed by atoms with van der Waals surface area (Å²) >= 11 is 0.877. The Morgan fingerprint density at radius 3 is 2.52 bits per heavy atom. The molecule has 8 heteroatoms. The fraction of sp³-hybridized carbons (Fsp3) is 0.231. The molecule has 0 saturated heterocycles. The Bertz CT molecular complexity index is 695. The van der Waals surface area contributed by atoms with Gasteiger partial charge in [-0.25, -0.2) is 9.78 Å². The van der Waals surface area contributed by atoms with Crippen molar-refractivity contribution < 1.29 is 23.1 Å². The molecular formula is C13H11F3N2O2S. The molecule has 0 aliphatic rings. The minimum atomic E-state index is -4.44. The van der Waals surface area contributed by atoms with Gasteiger partial charge in [0.15, 0.2) is 5.13 Å². The average molecular weight is 316 g/mol. The number of alkyl halides is 3. The maximum atomic E-state index is 12.8. The van der Waals surface area contributed by atoms with Gasteiger partial charge in [0.05, 0.1) is 11.3 Å². The van der Waals surface area contributed by atoms with Crippen molar-refractivity contribution in [2.45, 2.75) is 20.0 Å². The number of aromatic carboxylic acids is 1. The lowest BCUT2D eigenvalue weighted by Gasteiger charge is -2.12. The van der Waals surface area contributed by atoms with Crippen LogP contribution in [-0.4, -0.2) is 16.1 Å². The van der Waals surface area contributed by atoms with Crippen molar-refractivity contribution >= 4 is 28.1 Å². The van der Waals surface area contributed by atoms with Crippen LogP contribution in [0.5, 0.6) is 0 Å². The van der Waals surface area contributed by atoms with Crippen LogP contribution in [0.1, 0.15) is 26.5 Å². The number of thiazole rings is 1. The summed E-state index contributed by atoms with van der Waals surface area (Å²) in [7, 11) is 0. The number of benzene rings is 1. The van der Waals surface area contributed by atoms with Gasteiger partial charge in [-0.1, -0.05) is 17.4 Å². The first-order chi connectivity index (χ1) is 9.68. The van der Waals surface area contributed by atoms with E-state index in [4.69, 9.17) is 5.11 Å². The van der Waals surface area contributed by atoms with E-state index in [9.17, 15) is 18.0 Å². The molecule has 0 fully saturated rings. The van der Waals surface area contributed by atoms with Gasteiger partial charge in [-0.2, -0.15) is 13.2 Å². The Morgan fingerprint density at radius 2 is 2.00 bits per heavy atom. The molecule has 1 aromatic heterocycles. The topological polar surface area (TPSA) is 62.2 Å². The van der Waals surface area contributed by atoms with Gasteiger partial charge >= 0.3 is 12.1 Å². The lowest BCUT2D eigenvalue weighted by atomic mass is 10.1. The molecule has 0 atom stereocenters. The second-order valence-corrected chi connectivity index (χ2v) is 5.39. The third kappa shape index (κ3) is 3.33. The number of carboxylic acid groups (broad SMARTS) is 1. The quantitative estimate of drug-likeness (QED) is 0.890. The van der Waals surface area contributed by atoms with Gasteiger partial charge in [0, 0.05) is 5.69 Å². The zero-order valence-electron chi connectivity index (χ0n) is 11.1. The van der Waals surface area contributed by atoms with Crippen LogP contribution in [-0.2, 0) is 6.18 Å². The summed E-state index contributed by atoms with van der Waals surface area (Å²) in [6.07, 6.45) is -4.44. The summed E-state index contributed by atoms with van der Waals surface area (Å²) in [5.41, 5.74) is -0.0920. The molecule has 1 aromatic carbocycles. The second-order valence-electron chi connectivity index (χ2n) is 4.39. The Hall–Kier alpha value is -2.09. The Balaban J connectivity index is 2.32. The average Bonchev–Trinajstić information content (AvgIpc) is 2.71. The maximum Gasteiger partial charge on any atom is 0.416 e. The van der Waals surface area contributed by atoms with E-state index in [1.54, 1.807) is 0 Å². The standard InChI is InChI=1S/C13H11F3N2O2S/c1-6-3-4-8(5-9(6)13(14,15)16)18-12-17-7(2)10(21-12)11(19)20/h3-5H,1-2H3,(H,17,18)(H,19,20). The number of rotatable bonds is 3. The number of aryl methyl sites for hydroxylation is 2. The van der Waals surface area contributed by atoms with Crippen LogP contribution in [0, 0.1) is 13.8 Å². The van der Waals surface area contributed by atoms with E-state index in [-0.39, 0.29) is 21.3 Å². The van der Waals surface area contributed by atoms with Crippen molar-refractivity contribution in [3.05, 3.63) is 39.9 Å². The predicted molar refractivity (Wildman–Crippen MR) is 73.3 cm³/mol. The molecule has 112 valence electrons. The maximum absolute atomic E-state index is 12.8. The highest BCUT2D eigenvalue weighted by Crippen LogP contribution is 2.34. The zero-order chi connectivity index (χ0) is 15.8. The fourth-order valence-electron chi connectivity index (χ4n) is 1.78. The van der Waals surface area contributed by atoms with Gasteiger partial charge in [0.1, 0.15) is 4.88 Å². The van der Waals surface area contributed by atoms with Crippen LogP contribution < -0.4 is 5.32 Å². The summed E-state index contributed by atoms with van der Waals surface area (Å²) in [5.74, 6) is -1.11.